The fraction of sp³-hybridized carbons (Fsp3) is 0.900. The van der Waals surface area contributed by atoms with Gasteiger partial charge >= 0.3 is 11.9 Å². The normalized spacial score (nSPS) is 12.7. The molecular formula is C10H18F2O2. The molecule has 0 amide bonds. The molecule has 0 aliphatic rings. The lowest BCUT2D eigenvalue weighted by Crippen LogP contribution is -2.36. The summed E-state index contributed by atoms with van der Waals surface area (Å²) in [5.41, 5.74) is -0.854. The Morgan fingerprint density at radius 1 is 1.29 bits per heavy atom. The minimum Gasteiger partial charge on any atom is -0.456 e. The van der Waals surface area contributed by atoms with Crippen molar-refractivity contribution < 1.29 is 18.3 Å². The predicted octanol–water partition coefficient (Wildman–Crippen LogP) is 3.15. The van der Waals surface area contributed by atoms with Crippen LogP contribution in [-0.4, -0.2) is 17.5 Å². The van der Waals surface area contributed by atoms with Crippen LogP contribution in [0.15, 0.2) is 0 Å². The summed E-state index contributed by atoms with van der Waals surface area (Å²) in [7, 11) is 0. The number of esters is 1. The number of alkyl halides is 2. The minimum atomic E-state index is -3.34. The number of halogens is 2. The Morgan fingerprint density at radius 2 is 1.79 bits per heavy atom. The number of hydrogen-bond acceptors (Lipinski definition) is 2. The molecule has 0 aromatic rings. The van der Waals surface area contributed by atoms with Crippen molar-refractivity contribution in [3.8, 4) is 0 Å². The highest BCUT2D eigenvalue weighted by Crippen LogP contribution is 2.25. The van der Waals surface area contributed by atoms with E-state index in [0.29, 0.717) is 12.8 Å². The summed E-state index contributed by atoms with van der Waals surface area (Å²) in [5.74, 6) is -4.76. The van der Waals surface area contributed by atoms with Crippen molar-refractivity contribution in [2.45, 2.75) is 58.5 Å². The van der Waals surface area contributed by atoms with Gasteiger partial charge in [0.1, 0.15) is 5.60 Å². The molecule has 0 aliphatic carbocycles. The molecule has 0 aliphatic heterocycles. The second-order valence-electron chi connectivity index (χ2n) is 4.31. The predicted molar refractivity (Wildman–Crippen MR) is 50.3 cm³/mol. The van der Waals surface area contributed by atoms with Crippen LogP contribution < -0.4 is 0 Å². The molecule has 0 unspecified atom stereocenters. The molecule has 0 rings (SSSR count). The smallest absolute Gasteiger partial charge is 0.377 e. The zero-order chi connectivity index (χ0) is 11.4. The highest BCUT2D eigenvalue weighted by Gasteiger charge is 2.41. The zero-order valence-corrected chi connectivity index (χ0v) is 9.19. The van der Waals surface area contributed by atoms with Gasteiger partial charge in [-0.25, -0.2) is 4.79 Å². The molecule has 0 aromatic heterocycles. The quantitative estimate of drug-likeness (QED) is 0.663. The first-order valence-electron chi connectivity index (χ1n) is 4.80. The molecule has 14 heavy (non-hydrogen) atoms. The summed E-state index contributed by atoms with van der Waals surface area (Å²) in [5, 5.41) is 0. The van der Waals surface area contributed by atoms with Crippen molar-refractivity contribution >= 4 is 5.97 Å². The summed E-state index contributed by atoms with van der Waals surface area (Å²) in [6.07, 6.45) is 0.531. The lowest BCUT2D eigenvalue weighted by Gasteiger charge is -2.23. The Balaban J connectivity index is 4.21. The average molecular weight is 208 g/mol. The lowest BCUT2D eigenvalue weighted by atomic mass is 10.1. The molecule has 0 fully saturated rings. The van der Waals surface area contributed by atoms with Gasteiger partial charge in [0.25, 0.3) is 0 Å². The van der Waals surface area contributed by atoms with Crippen molar-refractivity contribution in [2.75, 3.05) is 0 Å². The molecular weight excluding hydrogens is 190 g/mol. The number of unbranched alkanes of at least 4 members (excludes halogenated alkanes) is 1. The van der Waals surface area contributed by atoms with Crippen molar-refractivity contribution in [2.24, 2.45) is 0 Å². The van der Waals surface area contributed by atoms with Crippen molar-refractivity contribution in [3.05, 3.63) is 0 Å². The third kappa shape index (κ3) is 5.14. The Kier molecular flexibility index (Phi) is 4.49. The van der Waals surface area contributed by atoms with E-state index in [2.05, 4.69) is 4.74 Å². The largest absolute Gasteiger partial charge is 0.456 e. The summed E-state index contributed by atoms with van der Waals surface area (Å²) < 4.78 is 30.7. The van der Waals surface area contributed by atoms with Crippen LogP contribution in [0.1, 0.15) is 47.0 Å². The van der Waals surface area contributed by atoms with Crippen LogP contribution in [0.4, 0.5) is 8.78 Å². The van der Waals surface area contributed by atoms with Gasteiger partial charge < -0.3 is 4.74 Å². The van der Waals surface area contributed by atoms with Gasteiger partial charge in [0.2, 0.25) is 0 Å². The third-order valence-electron chi connectivity index (χ3n) is 1.54. The van der Waals surface area contributed by atoms with Gasteiger partial charge in [-0.05, 0) is 27.2 Å². The fourth-order valence-corrected chi connectivity index (χ4v) is 0.854. The average Bonchev–Trinajstić information content (AvgIpc) is 1.97. The Bertz CT molecular complexity index is 195. The maximum Gasteiger partial charge on any atom is 0.377 e. The van der Waals surface area contributed by atoms with Crippen LogP contribution in [0.2, 0.25) is 0 Å². The first-order chi connectivity index (χ1) is 6.19. The van der Waals surface area contributed by atoms with Gasteiger partial charge in [-0.15, -0.1) is 0 Å². The maximum atomic E-state index is 13.1. The first-order valence-corrected chi connectivity index (χ1v) is 4.80. The summed E-state index contributed by atoms with van der Waals surface area (Å²) in [4.78, 5) is 11.0. The topological polar surface area (TPSA) is 26.3 Å². The van der Waals surface area contributed by atoms with Gasteiger partial charge in [-0.3, -0.25) is 0 Å². The van der Waals surface area contributed by atoms with Gasteiger partial charge in [0.15, 0.2) is 0 Å². The number of hydrogen-bond donors (Lipinski definition) is 0. The van der Waals surface area contributed by atoms with E-state index in [9.17, 15) is 13.6 Å². The molecule has 0 atom stereocenters. The highest BCUT2D eigenvalue weighted by molar-refractivity contribution is 5.77. The Labute approximate surface area is 83.6 Å². The van der Waals surface area contributed by atoms with Crippen molar-refractivity contribution in [3.63, 3.8) is 0 Å². The van der Waals surface area contributed by atoms with Crippen LogP contribution in [-0.2, 0) is 9.53 Å². The van der Waals surface area contributed by atoms with Crippen LogP contribution >= 0.6 is 0 Å². The van der Waals surface area contributed by atoms with Gasteiger partial charge in [-0.2, -0.15) is 8.78 Å². The zero-order valence-electron chi connectivity index (χ0n) is 9.19. The molecule has 0 aromatic carbocycles. The van der Waals surface area contributed by atoms with Crippen LogP contribution in [0.25, 0.3) is 0 Å². The molecule has 0 spiro atoms. The van der Waals surface area contributed by atoms with E-state index >= 15 is 0 Å². The second kappa shape index (κ2) is 4.71. The molecule has 2 nitrogen and oxygen atoms in total. The van der Waals surface area contributed by atoms with E-state index in [1.54, 1.807) is 27.7 Å². The Morgan fingerprint density at radius 3 is 2.14 bits per heavy atom. The first kappa shape index (κ1) is 13.3. The monoisotopic (exact) mass is 208 g/mol. The van der Waals surface area contributed by atoms with E-state index in [4.69, 9.17) is 0 Å². The molecule has 0 bridgehead atoms. The number of carbonyl (C=O) groups is 1. The molecule has 0 N–H and O–H groups in total. The molecule has 0 saturated heterocycles. The molecule has 0 heterocycles. The third-order valence-corrected chi connectivity index (χ3v) is 1.54. The van der Waals surface area contributed by atoms with Crippen LogP contribution in [0, 0.1) is 0 Å². The van der Waals surface area contributed by atoms with E-state index in [-0.39, 0.29) is 0 Å². The summed E-state index contributed by atoms with van der Waals surface area (Å²) in [6.45, 7) is 6.51. The summed E-state index contributed by atoms with van der Waals surface area (Å²) >= 11 is 0. The molecule has 4 heteroatoms. The van der Waals surface area contributed by atoms with E-state index in [1.165, 1.54) is 0 Å². The molecule has 84 valence electrons. The maximum absolute atomic E-state index is 13.1. The van der Waals surface area contributed by atoms with E-state index in [1.807, 2.05) is 0 Å². The standard InChI is InChI=1S/C10H18F2O2/c1-5-6-7-10(11,12)8(13)14-9(2,3)4/h5-7H2,1-4H3. The van der Waals surface area contributed by atoms with E-state index < -0.39 is 23.9 Å². The lowest BCUT2D eigenvalue weighted by molar-refractivity contribution is -0.184. The fourth-order valence-electron chi connectivity index (χ4n) is 0.854. The Hall–Kier alpha value is -0.670. The highest BCUT2D eigenvalue weighted by atomic mass is 19.3. The van der Waals surface area contributed by atoms with Gasteiger partial charge in [-0.1, -0.05) is 13.3 Å². The SMILES string of the molecule is CCCCC(F)(F)C(=O)OC(C)(C)C. The van der Waals surface area contributed by atoms with Crippen LogP contribution in [0.3, 0.4) is 0 Å². The van der Waals surface area contributed by atoms with Crippen molar-refractivity contribution in [1.82, 2.24) is 0 Å². The second-order valence-corrected chi connectivity index (χ2v) is 4.31. The van der Waals surface area contributed by atoms with Crippen LogP contribution in [0.5, 0.6) is 0 Å². The summed E-state index contributed by atoms with van der Waals surface area (Å²) in [6, 6.07) is 0. The number of carbonyl (C=O) groups excluding carboxylic acids is 1. The number of rotatable bonds is 4. The number of ether oxygens (including phenoxy) is 1. The van der Waals surface area contributed by atoms with Gasteiger partial charge in [0, 0.05) is 6.42 Å². The van der Waals surface area contributed by atoms with Gasteiger partial charge in [0.05, 0.1) is 0 Å². The molecule has 0 radical (unpaired) electrons. The van der Waals surface area contributed by atoms with E-state index in [0.717, 1.165) is 0 Å². The van der Waals surface area contributed by atoms with Crippen molar-refractivity contribution in [1.29, 1.82) is 0 Å². The minimum absolute atomic E-state index is 0.326. The molecule has 0 saturated carbocycles.